The Morgan fingerprint density at radius 3 is 2.76 bits per heavy atom. The molecule has 0 aliphatic heterocycles. The van der Waals surface area contributed by atoms with Gasteiger partial charge in [0.1, 0.15) is 5.56 Å². The molecule has 0 saturated heterocycles. The van der Waals surface area contributed by atoms with Crippen LogP contribution in [0.3, 0.4) is 0 Å². The van der Waals surface area contributed by atoms with Crippen molar-refractivity contribution >= 4 is 34.0 Å². The van der Waals surface area contributed by atoms with Crippen LogP contribution in [0.15, 0.2) is 68.4 Å². The fourth-order valence-electron chi connectivity index (χ4n) is 2.82. The highest BCUT2D eigenvalue weighted by Gasteiger charge is 2.17. The third-order valence-electron chi connectivity index (χ3n) is 4.24. The molecule has 0 bridgehead atoms. The van der Waals surface area contributed by atoms with Crippen LogP contribution in [0.2, 0.25) is 0 Å². The van der Waals surface area contributed by atoms with E-state index in [1.165, 1.54) is 30.8 Å². The molecular formula is C21H15NO6S. The number of carbonyl (C=O) groups excluding carboxylic acids is 2. The zero-order valence-corrected chi connectivity index (χ0v) is 16.1. The van der Waals surface area contributed by atoms with E-state index in [-0.39, 0.29) is 29.2 Å². The van der Waals surface area contributed by atoms with Gasteiger partial charge in [0.15, 0.2) is 17.1 Å². The van der Waals surface area contributed by atoms with Crippen molar-refractivity contribution in [3.63, 3.8) is 0 Å². The minimum Gasteiger partial charge on any atom is -0.493 e. The molecule has 0 aliphatic carbocycles. The summed E-state index contributed by atoms with van der Waals surface area (Å²) in [7, 11) is 1.47. The van der Waals surface area contributed by atoms with E-state index in [1.54, 1.807) is 42.5 Å². The number of furan rings is 1. The first-order valence-electron chi connectivity index (χ1n) is 8.63. The third-order valence-corrected chi connectivity index (χ3v) is 5.33. The average Bonchev–Trinajstić information content (AvgIpc) is 3.43. The monoisotopic (exact) mass is 409 g/mol. The summed E-state index contributed by atoms with van der Waals surface area (Å²) in [6.07, 6.45) is 1.44. The molecule has 8 heteroatoms. The van der Waals surface area contributed by atoms with Crippen molar-refractivity contribution in [2.24, 2.45) is 0 Å². The Balaban J connectivity index is 1.50. The number of fused-ring (bicyclic) bond motifs is 1. The summed E-state index contributed by atoms with van der Waals surface area (Å²) in [5.41, 5.74) is -0.565. The molecule has 146 valence electrons. The lowest BCUT2D eigenvalue weighted by atomic mass is 10.1. The first kappa shape index (κ1) is 18.7. The SMILES string of the molecule is COc1cccc2cc(C(=O)NCc3ccc(C(=O)c4ccco4)s3)c(=O)oc12. The molecule has 0 radical (unpaired) electrons. The quantitative estimate of drug-likeness (QED) is 0.386. The van der Waals surface area contributed by atoms with Gasteiger partial charge >= 0.3 is 5.63 Å². The molecule has 4 aromatic rings. The summed E-state index contributed by atoms with van der Waals surface area (Å²) in [4.78, 5) is 38.3. The van der Waals surface area contributed by atoms with Gasteiger partial charge in [-0.05, 0) is 36.4 Å². The molecule has 0 spiro atoms. The van der Waals surface area contributed by atoms with Crippen LogP contribution in [-0.4, -0.2) is 18.8 Å². The summed E-state index contributed by atoms with van der Waals surface area (Å²) in [5.74, 6) is -0.108. The van der Waals surface area contributed by atoms with Gasteiger partial charge in [0.05, 0.1) is 24.8 Å². The van der Waals surface area contributed by atoms with Gasteiger partial charge in [-0.3, -0.25) is 9.59 Å². The fourth-order valence-corrected chi connectivity index (χ4v) is 3.72. The minimum absolute atomic E-state index is 0.103. The maximum Gasteiger partial charge on any atom is 0.349 e. The molecule has 1 amide bonds. The van der Waals surface area contributed by atoms with E-state index in [9.17, 15) is 14.4 Å². The van der Waals surface area contributed by atoms with Crippen LogP contribution < -0.4 is 15.7 Å². The third kappa shape index (κ3) is 3.70. The molecule has 0 aliphatic rings. The summed E-state index contributed by atoms with van der Waals surface area (Å²) in [6, 6.07) is 13.3. The van der Waals surface area contributed by atoms with Crippen LogP contribution in [0.1, 0.15) is 30.7 Å². The van der Waals surface area contributed by atoms with Crippen LogP contribution >= 0.6 is 11.3 Å². The molecule has 3 aromatic heterocycles. The van der Waals surface area contributed by atoms with Crippen LogP contribution in [0.4, 0.5) is 0 Å². The van der Waals surface area contributed by atoms with Crippen LogP contribution in [0, 0.1) is 0 Å². The number of methoxy groups -OCH3 is 1. The number of ether oxygens (including phenoxy) is 1. The van der Waals surface area contributed by atoms with Gasteiger partial charge in [0.25, 0.3) is 5.91 Å². The Kier molecular flexibility index (Phi) is 5.01. The van der Waals surface area contributed by atoms with Crippen molar-refractivity contribution in [3.05, 3.63) is 86.3 Å². The van der Waals surface area contributed by atoms with Gasteiger partial charge in [-0.25, -0.2) is 4.79 Å². The van der Waals surface area contributed by atoms with Crippen molar-refractivity contribution < 1.29 is 23.2 Å². The second kappa shape index (κ2) is 7.76. The van der Waals surface area contributed by atoms with Crippen molar-refractivity contribution in [1.82, 2.24) is 5.32 Å². The van der Waals surface area contributed by atoms with Crippen molar-refractivity contribution in [2.75, 3.05) is 7.11 Å². The van der Waals surface area contributed by atoms with Gasteiger partial charge in [0, 0.05) is 10.3 Å². The first-order chi connectivity index (χ1) is 14.1. The summed E-state index contributed by atoms with van der Waals surface area (Å²) in [6.45, 7) is 0.171. The van der Waals surface area contributed by atoms with E-state index in [0.717, 1.165) is 4.88 Å². The molecule has 0 atom stereocenters. The van der Waals surface area contributed by atoms with Gasteiger partial charge in [-0.15, -0.1) is 11.3 Å². The molecule has 1 N–H and O–H groups in total. The zero-order valence-electron chi connectivity index (χ0n) is 15.3. The van der Waals surface area contributed by atoms with E-state index in [1.807, 2.05) is 0 Å². The number of thiophene rings is 1. The molecule has 0 unspecified atom stereocenters. The van der Waals surface area contributed by atoms with E-state index in [0.29, 0.717) is 16.0 Å². The minimum atomic E-state index is -0.751. The number of nitrogens with one attached hydrogen (secondary N) is 1. The molecule has 0 saturated carbocycles. The van der Waals surface area contributed by atoms with Crippen LogP contribution in [0.5, 0.6) is 5.75 Å². The highest BCUT2D eigenvalue weighted by molar-refractivity contribution is 7.14. The predicted molar refractivity (Wildman–Crippen MR) is 107 cm³/mol. The standard InChI is InChI=1S/C21H15NO6S/c1-26-16-5-2-4-12-10-14(21(25)28-19(12)16)20(24)22-11-13-7-8-17(29-13)18(23)15-6-3-9-27-15/h2-10H,11H2,1H3,(H,22,24). The number of carbonyl (C=O) groups is 2. The largest absolute Gasteiger partial charge is 0.493 e. The van der Waals surface area contributed by atoms with E-state index in [4.69, 9.17) is 13.6 Å². The van der Waals surface area contributed by atoms with Gasteiger partial charge in [-0.1, -0.05) is 12.1 Å². The van der Waals surface area contributed by atoms with Gasteiger partial charge < -0.3 is 18.9 Å². The fraction of sp³-hybridized carbons (Fsp3) is 0.0952. The Labute approximate surface area is 168 Å². The van der Waals surface area contributed by atoms with Crippen LogP contribution in [-0.2, 0) is 6.54 Å². The lowest BCUT2D eigenvalue weighted by Crippen LogP contribution is -2.27. The lowest BCUT2D eigenvalue weighted by Gasteiger charge is -2.06. The van der Waals surface area contributed by atoms with Crippen molar-refractivity contribution in [2.45, 2.75) is 6.54 Å². The molecular weight excluding hydrogens is 394 g/mol. The Morgan fingerprint density at radius 2 is 2.00 bits per heavy atom. The average molecular weight is 409 g/mol. The predicted octanol–water partition coefficient (Wildman–Crippen LogP) is 3.62. The summed E-state index contributed by atoms with van der Waals surface area (Å²) >= 11 is 1.25. The Morgan fingerprint density at radius 1 is 1.14 bits per heavy atom. The summed E-state index contributed by atoms with van der Waals surface area (Å²) < 4.78 is 15.6. The molecule has 3 heterocycles. The number of benzene rings is 1. The Hall–Kier alpha value is -3.65. The normalized spacial score (nSPS) is 10.8. The molecule has 1 aromatic carbocycles. The highest BCUT2D eigenvalue weighted by Crippen LogP contribution is 2.24. The number of hydrogen-bond acceptors (Lipinski definition) is 7. The molecule has 4 rings (SSSR count). The van der Waals surface area contributed by atoms with E-state index in [2.05, 4.69) is 5.32 Å². The number of amides is 1. The van der Waals surface area contributed by atoms with E-state index >= 15 is 0 Å². The Bertz CT molecular complexity index is 1250. The highest BCUT2D eigenvalue weighted by atomic mass is 32.1. The lowest BCUT2D eigenvalue weighted by molar-refractivity contribution is 0.0947. The smallest absolute Gasteiger partial charge is 0.349 e. The van der Waals surface area contributed by atoms with E-state index < -0.39 is 11.5 Å². The van der Waals surface area contributed by atoms with Crippen molar-refractivity contribution in [3.8, 4) is 5.75 Å². The topological polar surface area (TPSA) is 98.7 Å². The summed E-state index contributed by atoms with van der Waals surface area (Å²) in [5, 5.41) is 3.26. The second-order valence-electron chi connectivity index (χ2n) is 6.08. The first-order valence-corrected chi connectivity index (χ1v) is 9.44. The van der Waals surface area contributed by atoms with Crippen molar-refractivity contribution in [1.29, 1.82) is 0 Å². The molecule has 29 heavy (non-hydrogen) atoms. The zero-order chi connectivity index (χ0) is 20.4. The molecule has 7 nitrogen and oxygen atoms in total. The van der Waals surface area contributed by atoms with Gasteiger partial charge in [-0.2, -0.15) is 0 Å². The maximum absolute atomic E-state index is 12.5. The maximum atomic E-state index is 12.5. The van der Waals surface area contributed by atoms with Crippen LogP contribution in [0.25, 0.3) is 11.0 Å². The molecule has 0 fully saturated rings. The number of ketones is 1. The van der Waals surface area contributed by atoms with Gasteiger partial charge in [0.2, 0.25) is 5.78 Å². The number of para-hydroxylation sites is 1. The number of rotatable bonds is 6. The number of hydrogen-bond donors (Lipinski definition) is 1. The second-order valence-corrected chi connectivity index (χ2v) is 7.25.